The van der Waals surface area contributed by atoms with Gasteiger partial charge in [-0.3, -0.25) is 0 Å². The summed E-state index contributed by atoms with van der Waals surface area (Å²) in [5, 5.41) is 8.69. The molecule has 52 valence electrons. The van der Waals surface area contributed by atoms with Crippen molar-refractivity contribution in [1.82, 2.24) is 0 Å². The summed E-state index contributed by atoms with van der Waals surface area (Å²) in [5.74, 6) is 0. The van der Waals surface area contributed by atoms with Gasteiger partial charge in [0.05, 0.1) is 25.1 Å². The Kier molecular flexibility index (Phi) is 2.26. The average Bonchev–Trinajstić information content (AvgIpc) is 2.16. The Morgan fingerprint density at radius 2 is 2.00 bits per heavy atom. The van der Waals surface area contributed by atoms with Crippen molar-refractivity contribution in [3.8, 4) is 0 Å². The normalized spacial score (nSPS) is 22.9. The van der Waals surface area contributed by atoms with Crippen LogP contribution >= 0.6 is 7.26 Å². The van der Waals surface area contributed by atoms with Crippen molar-refractivity contribution in [2.75, 3.05) is 31.8 Å². The number of hydrogen-bond acceptors (Lipinski definition) is 1. The summed E-state index contributed by atoms with van der Waals surface area (Å²) in [5.41, 5.74) is 0. The van der Waals surface area contributed by atoms with Gasteiger partial charge < -0.3 is 5.11 Å². The maximum absolute atomic E-state index is 8.69. The maximum atomic E-state index is 8.69. The first-order valence-corrected chi connectivity index (χ1v) is 6.15. The summed E-state index contributed by atoms with van der Waals surface area (Å²) < 4.78 is 0. The Morgan fingerprint density at radius 3 is 2.44 bits per heavy atom. The van der Waals surface area contributed by atoms with Gasteiger partial charge in [-0.2, -0.15) is 0 Å². The van der Waals surface area contributed by atoms with E-state index >= 15 is 0 Å². The van der Waals surface area contributed by atoms with Crippen molar-refractivity contribution in [3.63, 3.8) is 0 Å². The predicted molar refractivity (Wildman–Crippen MR) is 43.7 cm³/mol. The van der Waals surface area contributed by atoms with Crippen LogP contribution in [0.25, 0.3) is 0 Å². The Morgan fingerprint density at radius 1 is 1.44 bits per heavy atom. The van der Waals surface area contributed by atoms with Gasteiger partial charge in [-0.15, -0.1) is 0 Å². The zero-order valence-electron chi connectivity index (χ0n) is 5.88. The van der Waals surface area contributed by atoms with Crippen molar-refractivity contribution in [2.45, 2.75) is 0 Å². The average molecular weight is 145 g/mol. The zero-order valence-corrected chi connectivity index (χ0v) is 6.77. The molecule has 1 heterocycles. The molecule has 1 aliphatic rings. The van der Waals surface area contributed by atoms with Crippen LogP contribution in [0.1, 0.15) is 0 Å². The highest BCUT2D eigenvalue weighted by molar-refractivity contribution is 7.75. The standard InChI is InChI=1S/C7H14OP/c1-9(7-4-8)5-2-3-6-9/h2-3,8H,4-7H2,1H3/q+1. The molecule has 1 nitrogen and oxygen atoms in total. The van der Waals surface area contributed by atoms with Crippen LogP contribution < -0.4 is 0 Å². The molecule has 0 saturated heterocycles. The van der Waals surface area contributed by atoms with Crippen LogP contribution in [0.2, 0.25) is 0 Å². The van der Waals surface area contributed by atoms with Crippen molar-refractivity contribution >= 4 is 7.26 Å². The molecular formula is C7H14OP+. The van der Waals surface area contributed by atoms with Crippen molar-refractivity contribution in [2.24, 2.45) is 0 Å². The lowest BCUT2D eigenvalue weighted by Crippen LogP contribution is -2.02. The number of aliphatic hydroxyl groups excluding tert-OH is 1. The van der Waals surface area contributed by atoms with E-state index in [1.165, 1.54) is 12.3 Å². The lowest BCUT2D eigenvalue weighted by Gasteiger charge is -2.13. The maximum Gasteiger partial charge on any atom is 0.0828 e. The molecule has 0 radical (unpaired) electrons. The monoisotopic (exact) mass is 145 g/mol. The van der Waals surface area contributed by atoms with Crippen molar-refractivity contribution in [3.05, 3.63) is 12.2 Å². The molecule has 2 heteroatoms. The van der Waals surface area contributed by atoms with Crippen LogP contribution in [0.3, 0.4) is 0 Å². The SMILES string of the molecule is C[P+]1(CCO)CC=CC1. The summed E-state index contributed by atoms with van der Waals surface area (Å²) in [4.78, 5) is 0. The molecule has 9 heavy (non-hydrogen) atoms. The van der Waals surface area contributed by atoms with Gasteiger partial charge in [-0.25, -0.2) is 0 Å². The molecule has 0 aromatic carbocycles. The van der Waals surface area contributed by atoms with Crippen LogP contribution in [0.5, 0.6) is 0 Å². The number of rotatable bonds is 2. The molecule has 0 amide bonds. The Bertz CT molecular complexity index is 112. The minimum atomic E-state index is -0.681. The van der Waals surface area contributed by atoms with Crippen LogP contribution in [0, 0.1) is 0 Å². The van der Waals surface area contributed by atoms with Gasteiger partial charge >= 0.3 is 0 Å². The molecule has 1 aliphatic heterocycles. The van der Waals surface area contributed by atoms with E-state index in [1.807, 2.05) is 0 Å². The van der Waals surface area contributed by atoms with E-state index in [0.717, 1.165) is 6.16 Å². The molecule has 1 rings (SSSR count). The highest BCUT2D eigenvalue weighted by atomic mass is 31.2. The second kappa shape index (κ2) is 2.81. The van der Waals surface area contributed by atoms with Crippen LogP contribution in [0.15, 0.2) is 12.2 Å². The molecule has 0 saturated carbocycles. The number of allylic oxidation sites excluding steroid dienone is 2. The Balaban J connectivity index is 2.36. The van der Waals surface area contributed by atoms with E-state index in [9.17, 15) is 0 Å². The first-order chi connectivity index (χ1) is 4.27. The first kappa shape index (κ1) is 7.24. The summed E-state index contributed by atoms with van der Waals surface area (Å²) in [6, 6.07) is 0. The predicted octanol–water partition coefficient (Wildman–Crippen LogP) is 1.20. The molecule has 0 bridgehead atoms. The minimum absolute atomic E-state index is 0.381. The van der Waals surface area contributed by atoms with Gasteiger partial charge in [0.15, 0.2) is 0 Å². The Hall–Kier alpha value is 0.130. The van der Waals surface area contributed by atoms with Crippen LogP contribution in [0.4, 0.5) is 0 Å². The van der Waals surface area contributed by atoms with E-state index in [2.05, 4.69) is 18.8 Å². The molecule has 1 N–H and O–H groups in total. The molecule has 0 unspecified atom stereocenters. The van der Waals surface area contributed by atoms with Gasteiger partial charge in [0.2, 0.25) is 0 Å². The number of hydrogen-bond donors (Lipinski definition) is 1. The third kappa shape index (κ3) is 1.77. The molecule has 0 aromatic rings. The molecule has 0 atom stereocenters. The van der Waals surface area contributed by atoms with Gasteiger partial charge in [0, 0.05) is 13.9 Å². The van der Waals surface area contributed by atoms with E-state index in [-0.39, 0.29) is 0 Å². The van der Waals surface area contributed by atoms with Crippen molar-refractivity contribution < 1.29 is 5.11 Å². The summed E-state index contributed by atoms with van der Waals surface area (Å²) in [6.45, 7) is 2.72. The lowest BCUT2D eigenvalue weighted by molar-refractivity contribution is 0.321. The van der Waals surface area contributed by atoms with E-state index < -0.39 is 7.26 Å². The Labute approximate surface area is 57.1 Å². The van der Waals surface area contributed by atoms with Crippen LogP contribution in [-0.4, -0.2) is 36.9 Å². The molecule has 0 spiro atoms. The van der Waals surface area contributed by atoms with Crippen molar-refractivity contribution in [1.29, 1.82) is 0 Å². The van der Waals surface area contributed by atoms with E-state index in [4.69, 9.17) is 5.11 Å². The molecule has 0 aliphatic carbocycles. The third-order valence-corrected chi connectivity index (χ3v) is 5.36. The fraction of sp³-hybridized carbons (Fsp3) is 0.714. The summed E-state index contributed by atoms with van der Waals surface area (Å²) in [6.07, 6.45) is 8.08. The topological polar surface area (TPSA) is 20.2 Å². The van der Waals surface area contributed by atoms with Gasteiger partial charge in [0.1, 0.15) is 0 Å². The molecule has 0 aromatic heterocycles. The summed E-state index contributed by atoms with van der Waals surface area (Å²) >= 11 is 0. The third-order valence-electron chi connectivity index (χ3n) is 1.90. The lowest BCUT2D eigenvalue weighted by atomic mass is 10.6. The second-order valence-electron chi connectivity index (χ2n) is 2.90. The number of aliphatic hydroxyl groups is 1. The van der Waals surface area contributed by atoms with Gasteiger partial charge in [0.25, 0.3) is 0 Å². The largest absolute Gasteiger partial charge is 0.393 e. The molecule has 0 fully saturated rings. The van der Waals surface area contributed by atoms with E-state index in [0.29, 0.717) is 6.61 Å². The summed E-state index contributed by atoms with van der Waals surface area (Å²) in [7, 11) is -0.681. The molecular weight excluding hydrogens is 131 g/mol. The fourth-order valence-electron chi connectivity index (χ4n) is 1.16. The highest BCUT2D eigenvalue weighted by Crippen LogP contribution is 2.57. The second-order valence-corrected chi connectivity index (χ2v) is 7.32. The minimum Gasteiger partial charge on any atom is -0.393 e. The zero-order chi connectivity index (χ0) is 6.74. The highest BCUT2D eigenvalue weighted by Gasteiger charge is 2.30. The smallest absolute Gasteiger partial charge is 0.0828 e. The van der Waals surface area contributed by atoms with Gasteiger partial charge in [-0.05, 0) is 12.2 Å². The first-order valence-electron chi connectivity index (χ1n) is 3.36. The fourth-order valence-corrected chi connectivity index (χ4v) is 3.47. The van der Waals surface area contributed by atoms with E-state index in [1.54, 1.807) is 0 Å². The quantitative estimate of drug-likeness (QED) is 0.457. The van der Waals surface area contributed by atoms with Crippen LogP contribution in [-0.2, 0) is 0 Å². The van der Waals surface area contributed by atoms with Gasteiger partial charge in [-0.1, -0.05) is 0 Å².